The van der Waals surface area contributed by atoms with Crippen molar-refractivity contribution in [3.05, 3.63) is 50.6 Å². The number of hydrogen-bond donors (Lipinski definition) is 0. The Bertz CT molecular complexity index is 598. The van der Waals surface area contributed by atoms with E-state index in [2.05, 4.69) is 45.7 Å². The molecule has 0 spiro atoms. The highest BCUT2D eigenvalue weighted by Crippen LogP contribution is 2.26. The summed E-state index contributed by atoms with van der Waals surface area (Å²) in [5.74, 6) is 0. The minimum absolute atomic E-state index is 0.594. The van der Waals surface area contributed by atoms with Crippen LogP contribution in [0.3, 0.4) is 0 Å². The molecule has 1 unspecified atom stereocenters. The van der Waals surface area contributed by atoms with Gasteiger partial charge in [0.1, 0.15) is 6.54 Å². The van der Waals surface area contributed by atoms with Gasteiger partial charge in [0.05, 0.1) is 0 Å². The standard InChI is InChI=1S/C13H14NS2.ClHO4/c1-2-5-11(6-3-1)12-7-4-8-14(12)13-15-9-10-16-13;2-1(3,4)5/h1-3,5-6,9-10,12H,4,7-8H2;(H,2,3,4,5)/q+1;/p-1. The molecule has 0 saturated carbocycles. The monoisotopic (exact) mass is 347 g/mol. The van der Waals surface area contributed by atoms with E-state index < -0.39 is 10.2 Å². The first-order chi connectivity index (χ1) is 9.95. The van der Waals surface area contributed by atoms with Gasteiger partial charge in [-0.15, -0.1) is 10.2 Å². The van der Waals surface area contributed by atoms with Gasteiger partial charge >= 0.3 is 3.98 Å². The highest BCUT2D eigenvalue weighted by atomic mass is 35.7. The summed E-state index contributed by atoms with van der Waals surface area (Å²) in [4.78, 5) is 0. The first kappa shape index (κ1) is 16.6. The van der Waals surface area contributed by atoms with Gasteiger partial charge in [-0.05, 0) is 0 Å². The molecular formula is C13H14ClNO4S2. The Labute approximate surface area is 132 Å². The fourth-order valence-electron chi connectivity index (χ4n) is 2.34. The maximum atomic E-state index is 8.49. The SMILES string of the molecule is [O-][Cl+3]([O-])([O-])[O-].c1ccc(C2CCC[N+]2=c2sccs2)cc1. The van der Waals surface area contributed by atoms with Crippen LogP contribution in [0.2, 0.25) is 0 Å². The van der Waals surface area contributed by atoms with Crippen LogP contribution in [0.5, 0.6) is 0 Å². The summed E-state index contributed by atoms with van der Waals surface area (Å²) in [6.07, 6.45) is 2.60. The Balaban J connectivity index is 0.000000282. The van der Waals surface area contributed by atoms with Crippen molar-refractivity contribution in [2.45, 2.75) is 18.9 Å². The average Bonchev–Trinajstić information content (AvgIpc) is 3.09. The largest absolute Gasteiger partial charge is 0.314 e. The van der Waals surface area contributed by atoms with Crippen molar-refractivity contribution in [1.29, 1.82) is 0 Å². The van der Waals surface area contributed by atoms with Gasteiger partial charge in [0.25, 0.3) is 0 Å². The fraction of sp³-hybridized carbons (Fsp3) is 0.308. The van der Waals surface area contributed by atoms with E-state index in [0.717, 1.165) is 0 Å². The number of halogens is 1. The highest BCUT2D eigenvalue weighted by molar-refractivity contribution is 7.24. The molecule has 21 heavy (non-hydrogen) atoms. The predicted molar refractivity (Wildman–Crippen MR) is 70.7 cm³/mol. The Hall–Kier alpha value is -0.800. The third kappa shape index (κ3) is 5.48. The van der Waals surface area contributed by atoms with Gasteiger partial charge in [-0.1, -0.05) is 53.0 Å². The van der Waals surface area contributed by atoms with Gasteiger partial charge in [0, 0.05) is 29.2 Å². The summed E-state index contributed by atoms with van der Waals surface area (Å²) >= 11 is 3.73. The molecule has 1 saturated heterocycles. The van der Waals surface area contributed by atoms with Gasteiger partial charge in [-0.3, -0.25) is 0 Å². The van der Waals surface area contributed by atoms with E-state index in [1.165, 1.54) is 28.9 Å². The van der Waals surface area contributed by atoms with Crippen LogP contribution in [0.25, 0.3) is 0 Å². The second-order valence-electron chi connectivity index (χ2n) is 4.41. The van der Waals surface area contributed by atoms with Crippen LogP contribution in [-0.4, -0.2) is 6.54 Å². The van der Waals surface area contributed by atoms with Crippen LogP contribution in [0, 0.1) is 10.2 Å². The lowest BCUT2D eigenvalue weighted by Gasteiger charge is -2.17. The second kappa shape index (κ2) is 7.46. The van der Waals surface area contributed by atoms with Crippen LogP contribution in [0.15, 0.2) is 41.1 Å². The van der Waals surface area contributed by atoms with Gasteiger partial charge in [0.2, 0.25) is 0 Å². The van der Waals surface area contributed by atoms with Crippen molar-refractivity contribution in [1.82, 2.24) is 4.58 Å². The minimum atomic E-state index is -4.94. The zero-order chi connectivity index (χ0) is 15.3. The molecule has 114 valence electrons. The lowest BCUT2D eigenvalue weighted by Crippen LogP contribution is -2.68. The molecule has 0 aliphatic carbocycles. The van der Waals surface area contributed by atoms with Crippen LogP contribution in [-0.2, 0) is 0 Å². The summed E-state index contributed by atoms with van der Waals surface area (Å²) in [7, 11) is -4.94. The summed E-state index contributed by atoms with van der Waals surface area (Å²) in [6, 6.07) is 11.5. The summed E-state index contributed by atoms with van der Waals surface area (Å²) in [5, 5.41) is 4.36. The third-order valence-corrected chi connectivity index (χ3v) is 5.23. The molecule has 8 heteroatoms. The van der Waals surface area contributed by atoms with E-state index in [4.69, 9.17) is 18.6 Å². The molecule has 1 aliphatic rings. The van der Waals surface area contributed by atoms with Crippen molar-refractivity contribution >= 4 is 22.7 Å². The normalized spacial score (nSPS) is 18.3. The number of rotatable bonds is 1. The Morgan fingerprint density at radius 1 is 1.00 bits per heavy atom. The van der Waals surface area contributed by atoms with E-state index in [1.54, 1.807) is 0 Å². The summed E-state index contributed by atoms with van der Waals surface area (Å²) in [6.45, 7) is 1.20. The molecule has 0 radical (unpaired) electrons. The molecule has 0 N–H and O–H groups in total. The highest BCUT2D eigenvalue weighted by Gasteiger charge is 2.30. The molecule has 0 bridgehead atoms. The molecule has 0 amide bonds. The average molecular weight is 348 g/mol. The minimum Gasteiger partial charge on any atom is -0.222 e. The quantitative estimate of drug-likeness (QED) is 0.578. The second-order valence-corrected chi connectivity index (χ2v) is 7.22. The molecule has 5 nitrogen and oxygen atoms in total. The summed E-state index contributed by atoms with van der Waals surface area (Å²) < 4.78 is 38.0. The molecule has 3 rings (SSSR count). The van der Waals surface area contributed by atoms with Crippen molar-refractivity contribution in [2.75, 3.05) is 6.54 Å². The van der Waals surface area contributed by atoms with Crippen molar-refractivity contribution in [3.8, 4) is 0 Å². The smallest absolute Gasteiger partial charge is 0.222 e. The molecule has 2 aromatic rings. The molecule has 1 aliphatic heterocycles. The first-order valence-electron chi connectivity index (χ1n) is 6.24. The first-order valence-corrected chi connectivity index (χ1v) is 9.23. The Morgan fingerprint density at radius 2 is 1.57 bits per heavy atom. The van der Waals surface area contributed by atoms with E-state index in [9.17, 15) is 0 Å². The van der Waals surface area contributed by atoms with Gasteiger partial charge in [0.15, 0.2) is 6.04 Å². The molecule has 1 aromatic carbocycles. The van der Waals surface area contributed by atoms with Gasteiger partial charge < -0.3 is 0 Å². The lowest BCUT2D eigenvalue weighted by atomic mass is 10.1. The predicted octanol–water partition coefficient (Wildman–Crippen LogP) is -1.64. The van der Waals surface area contributed by atoms with Crippen LogP contribution in [0.1, 0.15) is 24.4 Å². The zero-order valence-corrected chi connectivity index (χ0v) is 13.4. The third-order valence-electron chi connectivity index (χ3n) is 3.06. The van der Waals surface area contributed by atoms with Crippen LogP contribution in [0.4, 0.5) is 0 Å². The van der Waals surface area contributed by atoms with E-state index in [1.807, 2.05) is 22.7 Å². The van der Waals surface area contributed by atoms with E-state index >= 15 is 0 Å². The molecule has 1 fully saturated rings. The zero-order valence-electron chi connectivity index (χ0n) is 11.0. The maximum Gasteiger partial charge on any atom is 0.314 e. The molecule has 1 aromatic heterocycles. The Kier molecular flexibility index (Phi) is 5.88. The van der Waals surface area contributed by atoms with Crippen molar-refractivity contribution in [2.24, 2.45) is 0 Å². The number of benzene rings is 1. The Morgan fingerprint density at radius 3 is 2.14 bits per heavy atom. The van der Waals surface area contributed by atoms with Crippen molar-refractivity contribution in [3.63, 3.8) is 0 Å². The van der Waals surface area contributed by atoms with Gasteiger partial charge in [-0.2, -0.15) is 0 Å². The van der Waals surface area contributed by atoms with E-state index in [-0.39, 0.29) is 0 Å². The van der Waals surface area contributed by atoms with E-state index in [0.29, 0.717) is 6.04 Å². The fourth-order valence-corrected chi connectivity index (χ4v) is 4.28. The molecule has 1 atom stereocenters. The number of nitrogens with zero attached hydrogens (tertiary/aromatic N) is 1. The topological polar surface area (TPSA) is 95.2 Å². The summed E-state index contributed by atoms with van der Waals surface area (Å²) in [5.41, 5.74) is 1.46. The lowest BCUT2D eigenvalue weighted by molar-refractivity contribution is -2.00. The molecular weight excluding hydrogens is 334 g/mol. The van der Waals surface area contributed by atoms with Crippen LogP contribution >= 0.6 is 22.7 Å². The molecule has 2 heterocycles. The maximum absolute atomic E-state index is 8.49. The van der Waals surface area contributed by atoms with Crippen LogP contribution < -0.4 is 27.2 Å². The van der Waals surface area contributed by atoms with Crippen molar-refractivity contribution < 1.29 is 28.9 Å². The number of hydrogen-bond acceptors (Lipinski definition) is 6. The van der Waals surface area contributed by atoms with Gasteiger partial charge in [-0.25, -0.2) is 23.2 Å².